The normalized spacial score (nSPS) is 17.8. The maximum Gasteiger partial charge on any atom is 0.185 e. The quantitative estimate of drug-likeness (QED) is 0.844. The average Bonchev–Trinajstić information content (AvgIpc) is 3.00. The second-order valence-electron chi connectivity index (χ2n) is 5.43. The van der Waals surface area contributed by atoms with Gasteiger partial charge in [-0.3, -0.25) is 4.79 Å². The van der Waals surface area contributed by atoms with Crippen molar-refractivity contribution in [1.82, 2.24) is 0 Å². The van der Waals surface area contributed by atoms with Crippen molar-refractivity contribution in [2.45, 2.75) is 38.4 Å². The van der Waals surface area contributed by atoms with Gasteiger partial charge in [-0.05, 0) is 37.0 Å². The molecule has 1 heterocycles. The molecule has 1 fully saturated rings. The van der Waals surface area contributed by atoms with E-state index in [1.54, 1.807) is 0 Å². The minimum Gasteiger partial charge on any atom is -0.390 e. The maximum absolute atomic E-state index is 10.9. The molecule has 2 N–H and O–H groups in total. The number of aliphatic hydroxyl groups excluding tert-OH is 2. The Morgan fingerprint density at radius 1 is 1.33 bits per heavy atom. The van der Waals surface area contributed by atoms with Gasteiger partial charge in [0.25, 0.3) is 0 Å². The van der Waals surface area contributed by atoms with Crippen LogP contribution < -0.4 is 4.90 Å². The lowest BCUT2D eigenvalue weighted by Gasteiger charge is -2.22. The molecule has 2 rings (SSSR count). The van der Waals surface area contributed by atoms with E-state index in [9.17, 15) is 15.0 Å². The highest BCUT2D eigenvalue weighted by Gasteiger charge is 2.20. The van der Waals surface area contributed by atoms with Gasteiger partial charge >= 0.3 is 0 Å². The Bertz CT molecular complexity index is 474. The van der Waals surface area contributed by atoms with Crippen molar-refractivity contribution in [1.29, 1.82) is 0 Å². The molecule has 0 aliphatic carbocycles. The van der Waals surface area contributed by atoms with Gasteiger partial charge in [-0.15, -0.1) is 0 Å². The first-order valence-electron chi connectivity index (χ1n) is 7.42. The van der Waals surface area contributed by atoms with Crippen LogP contribution in [0.1, 0.15) is 37.9 Å². The van der Waals surface area contributed by atoms with Gasteiger partial charge in [0.2, 0.25) is 0 Å². The highest BCUT2D eigenvalue weighted by atomic mass is 32.2. The zero-order valence-electron chi connectivity index (χ0n) is 12.4. The largest absolute Gasteiger partial charge is 0.390 e. The number of hydrogen-bond acceptors (Lipinski definition) is 5. The number of benzene rings is 1. The minimum absolute atomic E-state index is 0.0349. The standard InChI is InChI=1S/C16H23NO3S/c1-12(18)21-10-7-15(19)16(20)13-5-4-6-14(11-13)17-8-2-3-9-17/h4-6,11,15-16,19-20H,2-3,7-10H2,1H3. The van der Waals surface area contributed by atoms with Crippen LogP contribution in [0.4, 0.5) is 5.69 Å². The number of nitrogens with zero attached hydrogens (tertiary/aromatic N) is 1. The number of carbonyl (C=O) groups excluding carboxylic acids is 1. The fourth-order valence-electron chi connectivity index (χ4n) is 2.58. The molecule has 0 bridgehead atoms. The molecule has 0 radical (unpaired) electrons. The lowest BCUT2D eigenvalue weighted by atomic mass is 10.0. The lowest BCUT2D eigenvalue weighted by molar-refractivity contribution is -0.109. The smallest absolute Gasteiger partial charge is 0.185 e. The Hall–Kier alpha value is -1.04. The van der Waals surface area contributed by atoms with Crippen LogP contribution in [0.2, 0.25) is 0 Å². The number of aliphatic hydroxyl groups is 2. The summed E-state index contributed by atoms with van der Waals surface area (Å²) in [4.78, 5) is 13.2. The van der Waals surface area contributed by atoms with Gasteiger partial charge in [0, 0.05) is 31.5 Å². The van der Waals surface area contributed by atoms with Gasteiger partial charge in [0.05, 0.1) is 6.10 Å². The molecule has 2 atom stereocenters. The monoisotopic (exact) mass is 309 g/mol. The lowest BCUT2D eigenvalue weighted by Crippen LogP contribution is -2.21. The number of rotatable bonds is 6. The van der Waals surface area contributed by atoms with E-state index < -0.39 is 12.2 Å². The van der Waals surface area contributed by atoms with Crippen LogP contribution >= 0.6 is 11.8 Å². The van der Waals surface area contributed by atoms with Gasteiger partial charge in [-0.2, -0.15) is 0 Å². The molecule has 116 valence electrons. The van der Waals surface area contributed by atoms with Crippen molar-refractivity contribution >= 4 is 22.6 Å². The van der Waals surface area contributed by atoms with E-state index in [4.69, 9.17) is 0 Å². The van der Waals surface area contributed by atoms with Crippen LogP contribution in [0.25, 0.3) is 0 Å². The molecule has 1 aromatic carbocycles. The predicted molar refractivity (Wildman–Crippen MR) is 86.6 cm³/mol. The summed E-state index contributed by atoms with van der Waals surface area (Å²) in [5.41, 5.74) is 1.84. The molecule has 0 aromatic heterocycles. The third kappa shape index (κ3) is 4.73. The van der Waals surface area contributed by atoms with Crippen LogP contribution in [0.3, 0.4) is 0 Å². The first-order chi connectivity index (χ1) is 10.1. The fourth-order valence-corrected chi connectivity index (χ4v) is 3.23. The summed E-state index contributed by atoms with van der Waals surface area (Å²) >= 11 is 1.18. The highest BCUT2D eigenvalue weighted by Crippen LogP contribution is 2.26. The van der Waals surface area contributed by atoms with E-state index in [-0.39, 0.29) is 5.12 Å². The van der Waals surface area contributed by atoms with E-state index in [0.29, 0.717) is 12.2 Å². The average molecular weight is 309 g/mol. The summed E-state index contributed by atoms with van der Waals surface area (Å²) in [6.45, 7) is 3.61. The Balaban J connectivity index is 1.96. The van der Waals surface area contributed by atoms with Crippen molar-refractivity contribution in [2.75, 3.05) is 23.7 Å². The number of carbonyl (C=O) groups is 1. The van der Waals surface area contributed by atoms with Gasteiger partial charge in [-0.1, -0.05) is 23.9 Å². The summed E-state index contributed by atoms with van der Waals surface area (Å²) in [5.74, 6) is 0.527. The molecular formula is C16H23NO3S. The Morgan fingerprint density at radius 2 is 2.05 bits per heavy atom. The number of anilines is 1. The van der Waals surface area contributed by atoms with E-state index in [2.05, 4.69) is 4.90 Å². The predicted octanol–water partition coefficient (Wildman–Crippen LogP) is 2.35. The third-order valence-electron chi connectivity index (χ3n) is 3.77. The second-order valence-corrected chi connectivity index (χ2v) is 6.70. The first-order valence-corrected chi connectivity index (χ1v) is 8.41. The van der Waals surface area contributed by atoms with Crippen LogP contribution in [-0.2, 0) is 4.79 Å². The zero-order chi connectivity index (χ0) is 15.2. The SMILES string of the molecule is CC(=O)SCCC(O)C(O)c1cccc(N2CCCC2)c1. The Morgan fingerprint density at radius 3 is 2.71 bits per heavy atom. The molecule has 2 unspecified atom stereocenters. The van der Waals surface area contributed by atoms with E-state index in [0.717, 1.165) is 24.3 Å². The Kier molecular flexibility index (Phi) is 6.08. The fraction of sp³-hybridized carbons (Fsp3) is 0.562. The second kappa shape index (κ2) is 7.82. The maximum atomic E-state index is 10.9. The molecule has 5 heteroatoms. The summed E-state index contributed by atoms with van der Waals surface area (Å²) in [6, 6.07) is 7.76. The number of hydrogen-bond donors (Lipinski definition) is 2. The van der Waals surface area contributed by atoms with Gasteiger partial charge in [0.15, 0.2) is 5.12 Å². The zero-order valence-corrected chi connectivity index (χ0v) is 13.2. The molecule has 1 saturated heterocycles. The summed E-state index contributed by atoms with van der Waals surface area (Å²) in [5, 5.41) is 20.3. The molecule has 1 aromatic rings. The van der Waals surface area contributed by atoms with Crippen LogP contribution in [0.5, 0.6) is 0 Å². The highest BCUT2D eigenvalue weighted by molar-refractivity contribution is 8.13. The molecule has 0 saturated carbocycles. The van der Waals surface area contributed by atoms with E-state index >= 15 is 0 Å². The van der Waals surface area contributed by atoms with Crippen molar-refractivity contribution in [3.63, 3.8) is 0 Å². The van der Waals surface area contributed by atoms with Gasteiger partial charge in [0.1, 0.15) is 6.10 Å². The molecule has 0 amide bonds. The summed E-state index contributed by atoms with van der Waals surface area (Å²) in [6.07, 6.45) is 1.07. The van der Waals surface area contributed by atoms with Crippen LogP contribution in [-0.4, -0.2) is 40.3 Å². The first kappa shape index (κ1) is 16.3. The van der Waals surface area contributed by atoms with E-state index in [1.165, 1.54) is 31.5 Å². The summed E-state index contributed by atoms with van der Waals surface area (Å²) < 4.78 is 0. The topological polar surface area (TPSA) is 60.8 Å². The summed E-state index contributed by atoms with van der Waals surface area (Å²) in [7, 11) is 0. The van der Waals surface area contributed by atoms with Crippen molar-refractivity contribution < 1.29 is 15.0 Å². The molecule has 0 spiro atoms. The van der Waals surface area contributed by atoms with Crippen molar-refractivity contribution in [3.05, 3.63) is 29.8 Å². The molecular weight excluding hydrogens is 286 g/mol. The molecule has 21 heavy (non-hydrogen) atoms. The van der Waals surface area contributed by atoms with Crippen LogP contribution in [0, 0.1) is 0 Å². The van der Waals surface area contributed by atoms with Crippen molar-refractivity contribution in [3.8, 4) is 0 Å². The molecule has 4 nitrogen and oxygen atoms in total. The molecule has 1 aliphatic heterocycles. The van der Waals surface area contributed by atoms with Crippen molar-refractivity contribution in [2.24, 2.45) is 0 Å². The minimum atomic E-state index is -0.903. The van der Waals surface area contributed by atoms with E-state index in [1.807, 2.05) is 24.3 Å². The number of thioether (sulfide) groups is 1. The van der Waals surface area contributed by atoms with Gasteiger partial charge in [-0.25, -0.2) is 0 Å². The van der Waals surface area contributed by atoms with Crippen LogP contribution in [0.15, 0.2) is 24.3 Å². The van der Waals surface area contributed by atoms with Gasteiger partial charge < -0.3 is 15.1 Å². The molecule has 1 aliphatic rings. The Labute approximate surface area is 130 Å². The third-order valence-corrected chi connectivity index (χ3v) is 4.61.